The van der Waals surface area contributed by atoms with Gasteiger partial charge in [-0.15, -0.1) is 0 Å². The minimum atomic E-state index is -0.534. The van der Waals surface area contributed by atoms with E-state index < -0.39 is 22.9 Å². The number of amides is 4. The summed E-state index contributed by atoms with van der Waals surface area (Å²) < 4.78 is 19.3. The molecule has 1 heterocycles. The molecule has 2 N–H and O–H groups in total. The normalized spacial score (nSPS) is 16.6. The molecule has 0 aromatic heterocycles. The average molecular weight is 484 g/mol. The van der Waals surface area contributed by atoms with Crippen molar-refractivity contribution in [2.45, 2.75) is 12.8 Å². The van der Waals surface area contributed by atoms with Crippen LogP contribution in [0.1, 0.15) is 18.4 Å². The van der Waals surface area contributed by atoms with E-state index in [1.807, 2.05) is 0 Å². The lowest BCUT2D eigenvalue weighted by Gasteiger charge is -2.13. The molecule has 0 atom stereocenters. The Morgan fingerprint density at radius 2 is 1.94 bits per heavy atom. The van der Waals surface area contributed by atoms with Crippen LogP contribution < -0.4 is 15.4 Å². The highest BCUT2D eigenvalue weighted by Crippen LogP contribution is 2.32. The van der Waals surface area contributed by atoms with Gasteiger partial charge < -0.3 is 15.4 Å². The Hall–Kier alpha value is -3.66. The van der Waals surface area contributed by atoms with Gasteiger partial charge in [-0.1, -0.05) is 24.3 Å². The second-order valence-electron chi connectivity index (χ2n) is 7.78. The zero-order chi connectivity index (χ0) is 24.1. The fraction of sp³-hybridized carbons (Fsp3) is 0.250. The predicted octanol–water partition coefficient (Wildman–Crippen LogP) is 3.41. The molecular formula is C24H22FN3O5S. The third kappa shape index (κ3) is 6.02. The number of anilines is 1. The number of carbonyl (C=O) groups excluding carboxylic acids is 4. The molecule has 4 rings (SSSR count). The molecule has 0 spiro atoms. The van der Waals surface area contributed by atoms with Crippen molar-refractivity contribution >= 4 is 46.5 Å². The summed E-state index contributed by atoms with van der Waals surface area (Å²) in [5, 5.41) is 4.92. The fourth-order valence-electron chi connectivity index (χ4n) is 3.19. The van der Waals surface area contributed by atoms with Gasteiger partial charge in [-0.05, 0) is 48.9 Å². The number of benzene rings is 2. The Morgan fingerprint density at radius 1 is 1.15 bits per heavy atom. The average Bonchev–Trinajstić information content (AvgIpc) is 3.63. The quantitative estimate of drug-likeness (QED) is 0.530. The molecular weight excluding hydrogens is 461 g/mol. The number of rotatable bonds is 9. The number of halogens is 1. The van der Waals surface area contributed by atoms with Crippen LogP contribution >= 0.6 is 11.8 Å². The largest absolute Gasteiger partial charge is 0.484 e. The molecule has 34 heavy (non-hydrogen) atoms. The maximum Gasteiger partial charge on any atom is 0.293 e. The Bertz CT molecular complexity index is 1160. The summed E-state index contributed by atoms with van der Waals surface area (Å²) in [7, 11) is 0. The van der Waals surface area contributed by atoms with E-state index in [0.29, 0.717) is 11.4 Å². The van der Waals surface area contributed by atoms with E-state index in [-0.39, 0.29) is 42.0 Å². The molecule has 2 fully saturated rings. The van der Waals surface area contributed by atoms with Gasteiger partial charge in [0.05, 0.1) is 4.91 Å². The van der Waals surface area contributed by atoms with Crippen LogP contribution in [0.25, 0.3) is 6.08 Å². The second kappa shape index (κ2) is 10.5. The summed E-state index contributed by atoms with van der Waals surface area (Å²) >= 11 is 0.727. The fourth-order valence-corrected chi connectivity index (χ4v) is 4.04. The molecule has 1 saturated carbocycles. The SMILES string of the molecule is O=C(COc1cccc(NC(=O)C2CC2)c1)NCCN1C(=O)S/C(=C\c2ccccc2F)C1=O. The summed E-state index contributed by atoms with van der Waals surface area (Å²) in [6, 6.07) is 12.7. The van der Waals surface area contributed by atoms with Gasteiger partial charge in [0.15, 0.2) is 6.61 Å². The first-order valence-electron chi connectivity index (χ1n) is 10.7. The van der Waals surface area contributed by atoms with Gasteiger partial charge in [-0.3, -0.25) is 24.1 Å². The monoisotopic (exact) mass is 483 g/mol. The first kappa shape index (κ1) is 23.5. The van der Waals surface area contributed by atoms with Gasteiger partial charge in [-0.25, -0.2) is 4.39 Å². The molecule has 2 aliphatic rings. The highest BCUT2D eigenvalue weighted by atomic mass is 32.2. The van der Waals surface area contributed by atoms with Gasteiger partial charge in [0, 0.05) is 36.3 Å². The number of ether oxygens (including phenoxy) is 1. The van der Waals surface area contributed by atoms with Crippen molar-refractivity contribution in [3.8, 4) is 5.75 Å². The number of hydrogen-bond donors (Lipinski definition) is 2. The zero-order valence-corrected chi connectivity index (χ0v) is 18.9. The first-order valence-corrected chi connectivity index (χ1v) is 11.5. The van der Waals surface area contributed by atoms with E-state index in [1.54, 1.807) is 30.3 Å². The van der Waals surface area contributed by atoms with E-state index in [2.05, 4.69) is 10.6 Å². The van der Waals surface area contributed by atoms with Crippen molar-refractivity contribution in [2.24, 2.45) is 5.92 Å². The third-order valence-corrected chi connectivity index (χ3v) is 6.05. The van der Waals surface area contributed by atoms with Crippen molar-refractivity contribution in [3.05, 3.63) is 64.8 Å². The van der Waals surface area contributed by atoms with Gasteiger partial charge in [-0.2, -0.15) is 0 Å². The molecule has 1 saturated heterocycles. The van der Waals surface area contributed by atoms with Gasteiger partial charge in [0.25, 0.3) is 17.1 Å². The van der Waals surface area contributed by atoms with Crippen molar-refractivity contribution < 1.29 is 28.3 Å². The van der Waals surface area contributed by atoms with Crippen molar-refractivity contribution in [3.63, 3.8) is 0 Å². The lowest BCUT2D eigenvalue weighted by Crippen LogP contribution is -2.38. The van der Waals surface area contributed by atoms with Crippen molar-refractivity contribution in [2.75, 3.05) is 25.0 Å². The summed E-state index contributed by atoms with van der Waals surface area (Å²) in [6.07, 6.45) is 3.14. The summed E-state index contributed by atoms with van der Waals surface area (Å²) in [6.45, 7) is -0.243. The standard InChI is InChI=1S/C24H22FN3O5S/c25-19-7-2-1-4-16(19)12-20-23(31)28(24(32)34-20)11-10-26-21(29)14-33-18-6-3-5-17(13-18)27-22(30)15-8-9-15/h1-7,12-13,15H,8-11,14H2,(H,26,29)(H,27,30)/b20-12-. The Morgan fingerprint density at radius 3 is 2.71 bits per heavy atom. The Kier molecular flexibility index (Phi) is 7.27. The van der Waals surface area contributed by atoms with E-state index >= 15 is 0 Å². The maximum absolute atomic E-state index is 13.8. The van der Waals surface area contributed by atoms with Gasteiger partial charge in [0.1, 0.15) is 11.6 Å². The highest BCUT2D eigenvalue weighted by Gasteiger charge is 2.34. The minimum absolute atomic E-state index is 0.0201. The molecule has 1 aliphatic carbocycles. The van der Waals surface area contributed by atoms with Crippen molar-refractivity contribution in [1.82, 2.24) is 10.2 Å². The van der Waals surface area contributed by atoms with Gasteiger partial charge >= 0.3 is 0 Å². The van der Waals surface area contributed by atoms with Crippen LogP contribution in [0.5, 0.6) is 5.75 Å². The topological polar surface area (TPSA) is 105 Å². The van der Waals surface area contributed by atoms with E-state index in [1.165, 1.54) is 24.3 Å². The highest BCUT2D eigenvalue weighted by molar-refractivity contribution is 8.18. The third-order valence-electron chi connectivity index (χ3n) is 5.14. The number of nitrogens with zero attached hydrogens (tertiary/aromatic N) is 1. The predicted molar refractivity (Wildman–Crippen MR) is 125 cm³/mol. The minimum Gasteiger partial charge on any atom is -0.484 e. The molecule has 176 valence electrons. The van der Waals surface area contributed by atoms with E-state index in [9.17, 15) is 23.6 Å². The lowest BCUT2D eigenvalue weighted by atomic mass is 10.2. The molecule has 8 nitrogen and oxygen atoms in total. The van der Waals surface area contributed by atoms with E-state index in [0.717, 1.165) is 29.5 Å². The van der Waals surface area contributed by atoms with Crippen molar-refractivity contribution in [1.29, 1.82) is 0 Å². The molecule has 0 unspecified atom stereocenters. The second-order valence-corrected chi connectivity index (χ2v) is 8.78. The molecule has 0 bridgehead atoms. The summed E-state index contributed by atoms with van der Waals surface area (Å²) in [5.74, 6) is -0.972. The number of imide groups is 1. The Labute approximate surface area is 199 Å². The van der Waals surface area contributed by atoms with Crippen LogP contribution in [-0.2, 0) is 14.4 Å². The van der Waals surface area contributed by atoms with Crippen LogP contribution in [0.4, 0.5) is 14.9 Å². The smallest absolute Gasteiger partial charge is 0.293 e. The zero-order valence-electron chi connectivity index (χ0n) is 18.1. The van der Waals surface area contributed by atoms with E-state index in [4.69, 9.17) is 4.74 Å². The number of thioether (sulfide) groups is 1. The van der Waals surface area contributed by atoms with Gasteiger partial charge in [0.2, 0.25) is 5.91 Å². The molecule has 2 aromatic carbocycles. The molecule has 4 amide bonds. The molecule has 1 aliphatic heterocycles. The molecule has 0 radical (unpaired) electrons. The summed E-state index contributed by atoms with van der Waals surface area (Å²) in [4.78, 5) is 49.8. The van der Waals surface area contributed by atoms with Crippen LogP contribution in [0.15, 0.2) is 53.4 Å². The summed E-state index contributed by atoms with van der Waals surface area (Å²) in [5.41, 5.74) is 0.812. The van der Waals surface area contributed by atoms with Crippen LogP contribution in [0, 0.1) is 11.7 Å². The molecule has 10 heteroatoms. The van der Waals surface area contributed by atoms with Crippen LogP contribution in [0.2, 0.25) is 0 Å². The maximum atomic E-state index is 13.8. The van der Waals surface area contributed by atoms with Crippen LogP contribution in [-0.4, -0.2) is 47.6 Å². The molecule has 2 aromatic rings. The van der Waals surface area contributed by atoms with Crippen LogP contribution in [0.3, 0.4) is 0 Å². The number of hydrogen-bond acceptors (Lipinski definition) is 6. The number of nitrogens with one attached hydrogen (secondary N) is 2. The Balaban J connectivity index is 1.22. The lowest BCUT2D eigenvalue weighted by molar-refractivity contribution is -0.125. The number of carbonyl (C=O) groups is 4. The first-order chi connectivity index (χ1) is 16.4.